The molecule has 0 amide bonds. The SMILES string of the molecule is CNc1nc(N[C@H]2CNC[C@H]2F)nc2nc(C)c3c(c12)CCC3. The number of halogens is 1. The van der Waals surface area contributed by atoms with Crippen molar-refractivity contribution in [3.8, 4) is 0 Å². The molecule has 1 aliphatic heterocycles. The summed E-state index contributed by atoms with van der Waals surface area (Å²) < 4.78 is 13.8. The molecule has 2 atom stereocenters. The molecule has 1 aliphatic carbocycles. The van der Waals surface area contributed by atoms with Gasteiger partial charge in [-0.25, -0.2) is 9.37 Å². The van der Waals surface area contributed by atoms with Crippen LogP contribution in [0.15, 0.2) is 0 Å². The summed E-state index contributed by atoms with van der Waals surface area (Å²) in [7, 11) is 1.85. The topological polar surface area (TPSA) is 74.8 Å². The summed E-state index contributed by atoms with van der Waals surface area (Å²) in [4.78, 5) is 13.8. The minimum atomic E-state index is -0.929. The molecule has 2 aliphatic rings. The molecule has 0 unspecified atom stereocenters. The largest absolute Gasteiger partial charge is 0.372 e. The number of hydrogen-bond donors (Lipinski definition) is 3. The van der Waals surface area contributed by atoms with Gasteiger partial charge in [-0.3, -0.25) is 0 Å². The number of nitrogens with zero attached hydrogens (tertiary/aromatic N) is 3. The van der Waals surface area contributed by atoms with Crippen molar-refractivity contribution in [3.05, 3.63) is 16.8 Å². The van der Waals surface area contributed by atoms with Crippen molar-refractivity contribution in [2.24, 2.45) is 0 Å². The average molecular weight is 316 g/mol. The first-order valence-corrected chi connectivity index (χ1v) is 8.16. The van der Waals surface area contributed by atoms with Crippen LogP contribution in [0.3, 0.4) is 0 Å². The highest BCUT2D eigenvalue weighted by Crippen LogP contribution is 2.34. The average Bonchev–Trinajstić information content (AvgIpc) is 3.16. The first-order chi connectivity index (χ1) is 11.2. The number of aromatic nitrogens is 3. The van der Waals surface area contributed by atoms with Gasteiger partial charge in [0.05, 0.1) is 11.4 Å². The lowest BCUT2D eigenvalue weighted by molar-refractivity contribution is 0.342. The van der Waals surface area contributed by atoms with Gasteiger partial charge in [0.25, 0.3) is 0 Å². The van der Waals surface area contributed by atoms with E-state index in [9.17, 15) is 4.39 Å². The zero-order valence-electron chi connectivity index (χ0n) is 13.4. The monoisotopic (exact) mass is 316 g/mol. The number of fused-ring (bicyclic) bond motifs is 3. The molecule has 7 heteroatoms. The molecule has 0 aromatic carbocycles. The molecule has 0 radical (unpaired) electrons. The number of hydrogen-bond acceptors (Lipinski definition) is 6. The molecule has 0 bridgehead atoms. The van der Waals surface area contributed by atoms with E-state index in [0.717, 1.165) is 36.2 Å². The van der Waals surface area contributed by atoms with Crippen LogP contribution in [0.25, 0.3) is 11.0 Å². The Labute approximate surface area is 134 Å². The standard InChI is InChI=1S/C16H21FN6/c1-8-9-4-3-5-10(9)13-14(18-2)22-16(23-15(13)20-8)21-12-7-19-6-11(12)17/h11-12,19H,3-7H2,1-2H3,(H2,18,20,21,22,23)/t11-,12+/m1/s1. The second-order valence-corrected chi connectivity index (χ2v) is 6.28. The van der Waals surface area contributed by atoms with Crippen LogP contribution in [0.2, 0.25) is 0 Å². The summed E-state index contributed by atoms with van der Waals surface area (Å²) in [6.07, 6.45) is 2.34. The van der Waals surface area contributed by atoms with Crippen LogP contribution in [-0.2, 0) is 12.8 Å². The maximum atomic E-state index is 13.8. The van der Waals surface area contributed by atoms with Crippen LogP contribution in [0.1, 0.15) is 23.2 Å². The number of aryl methyl sites for hydroxylation is 2. The van der Waals surface area contributed by atoms with E-state index in [2.05, 4.69) is 30.9 Å². The van der Waals surface area contributed by atoms with Gasteiger partial charge in [-0.05, 0) is 37.3 Å². The molecule has 2 aromatic rings. The highest BCUT2D eigenvalue weighted by molar-refractivity contribution is 5.92. The second-order valence-electron chi connectivity index (χ2n) is 6.28. The lowest BCUT2D eigenvalue weighted by atomic mass is 10.1. The highest BCUT2D eigenvalue weighted by Gasteiger charge is 2.28. The minimum Gasteiger partial charge on any atom is -0.372 e. The van der Waals surface area contributed by atoms with E-state index in [1.165, 1.54) is 11.1 Å². The van der Waals surface area contributed by atoms with Gasteiger partial charge in [-0.15, -0.1) is 0 Å². The quantitative estimate of drug-likeness (QED) is 0.798. The van der Waals surface area contributed by atoms with Gasteiger partial charge in [-0.1, -0.05) is 0 Å². The molecule has 3 heterocycles. The zero-order chi connectivity index (χ0) is 16.0. The number of alkyl halides is 1. The molecular weight excluding hydrogens is 295 g/mol. The predicted octanol–water partition coefficient (Wildman–Crippen LogP) is 1.59. The fourth-order valence-electron chi connectivity index (χ4n) is 3.65. The van der Waals surface area contributed by atoms with Crippen LogP contribution in [0.4, 0.5) is 16.2 Å². The molecule has 0 spiro atoms. The predicted molar refractivity (Wildman–Crippen MR) is 88.8 cm³/mol. The normalized spacial score (nSPS) is 23.3. The first-order valence-electron chi connectivity index (χ1n) is 8.16. The van der Waals surface area contributed by atoms with E-state index in [1.807, 2.05) is 14.0 Å². The molecular formula is C16H21FN6. The number of nitrogens with one attached hydrogen (secondary N) is 3. The van der Waals surface area contributed by atoms with Crippen LogP contribution in [-0.4, -0.2) is 47.3 Å². The van der Waals surface area contributed by atoms with E-state index in [0.29, 0.717) is 24.7 Å². The van der Waals surface area contributed by atoms with Crippen LogP contribution >= 0.6 is 0 Å². The Kier molecular flexibility index (Phi) is 3.52. The molecule has 23 heavy (non-hydrogen) atoms. The molecule has 1 fully saturated rings. The maximum Gasteiger partial charge on any atom is 0.227 e. The van der Waals surface area contributed by atoms with Crippen molar-refractivity contribution in [2.45, 2.75) is 38.4 Å². The van der Waals surface area contributed by atoms with Crippen LogP contribution in [0.5, 0.6) is 0 Å². The third kappa shape index (κ3) is 2.39. The van der Waals surface area contributed by atoms with Crippen molar-refractivity contribution < 1.29 is 4.39 Å². The van der Waals surface area contributed by atoms with E-state index in [-0.39, 0.29) is 6.04 Å². The third-order valence-electron chi connectivity index (χ3n) is 4.81. The first kappa shape index (κ1) is 14.6. The summed E-state index contributed by atoms with van der Waals surface area (Å²) in [5, 5.41) is 10.3. The van der Waals surface area contributed by atoms with E-state index in [4.69, 9.17) is 0 Å². The van der Waals surface area contributed by atoms with E-state index < -0.39 is 6.17 Å². The molecule has 6 nitrogen and oxygen atoms in total. The van der Waals surface area contributed by atoms with Crippen molar-refractivity contribution in [3.63, 3.8) is 0 Å². The summed E-state index contributed by atoms with van der Waals surface area (Å²) >= 11 is 0. The molecule has 0 saturated carbocycles. The van der Waals surface area contributed by atoms with Gasteiger partial charge < -0.3 is 16.0 Å². The fraction of sp³-hybridized carbons (Fsp3) is 0.562. The Bertz CT molecular complexity index is 762. The van der Waals surface area contributed by atoms with Crippen molar-refractivity contribution in [1.82, 2.24) is 20.3 Å². The Morgan fingerprint density at radius 2 is 1.96 bits per heavy atom. The number of rotatable bonds is 3. The van der Waals surface area contributed by atoms with Gasteiger partial charge in [0, 0.05) is 25.8 Å². The molecule has 2 aromatic heterocycles. The lowest BCUT2D eigenvalue weighted by Crippen LogP contribution is -2.30. The van der Waals surface area contributed by atoms with E-state index in [1.54, 1.807) is 0 Å². The summed E-state index contributed by atoms with van der Waals surface area (Å²) in [6.45, 7) is 2.99. The van der Waals surface area contributed by atoms with Crippen molar-refractivity contribution >= 4 is 22.8 Å². The van der Waals surface area contributed by atoms with Gasteiger partial charge in [0.15, 0.2) is 5.65 Å². The molecule has 122 valence electrons. The molecule has 4 rings (SSSR count). The van der Waals surface area contributed by atoms with Crippen molar-refractivity contribution in [1.29, 1.82) is 0 Å². The minimum absolute atomic E-state index is 0.298. The Balaban J connectivity index is 1.81. The Morgan fingerprint density at radius 3 is 2.70 bits per heavy atom. The van der Waals surface area contributed by atoms with Gasteiger partial charge >= 0.3 is 0 Å². The van der Waals surface area contributed by atoms with E-state index >= 15 is 0 Å². The second kappa shape index (κ2) is 5.56. The number of pyridine rings is 1. The summed E-state index contributed by atoms with van der Waals surface area (Å²) in [5.74, 6) is 1.20. The van der Waals surface area contributed by atoms with Crippen LogP contribution < -0.4 is 16.0 Å². The fourth-order valence-corrected chi connectivity index (χ4v) is 3.65. The zero-order valence-corrected chi connectivity index (χ0v) is 13.4. The van der Waals surface area contributed by atoms with Gasteiger partial charge in [-0.2, -0.15) is 9.97 Å². The highest BCUT2D eigenvalue weighted by atomic mass is 19.1. The van der Waals surface area contributed by atoms with Crippen molar-refractivity contribution in [2.75, 3.05) is 30.8 Å². The maximum absolute atomic E-state index is 13.8. The Morgan fingerprint density at radius 1 is 1.13 bits per heavy atom. The molecule has 3 N–H and O–H groups in total. The summed E-state index contributed by atoms with van der Waals surface area (Å²) in [5.41, 5.74) is 4.38. The van der Waals surface area contributed by atoms with Gasteiger partial charge in [0.1, 0.15) is 12.0 Å². The molecule has 1 saturated heterocycles. The smallest absolute Gasteiger partial charge is 0.227 e. The van der Waals surface area contributed by atoms with Crippen LogP contribution in [0, 0.1) is 6.92 Å². The number of anilines is 2. The summed E-state index contributed by atoms with van der Waals surface area (Å²) in [6, 6.07) is -0.298. The Hall–Kier alpha value is -2.02. The van der Waals surface area contributed by atoms with Gasteiger partial charge in [0.2, 0.25) is 5.95 Å². The lowest BCUT2D eigenvalue weighted by Gasteiger charge is -2.17. The third-order valence-corrected chi connectivity index (χ3v) is 4.81.